The van der Waals surface area contributed by atoms with E-state index in [9.17, 15) is 4.79 Å². The van der Waals surface area contributed by atoms with Gasteiger partial charge in [-0.2, -0.15) is 0 Å². The van der Waals surface area contributed by atoms with Gasteiger partial charge < -0.3 is 10.3 Å². The molecule has 0 aliphatic carbocycles. The zero-order chi connectivity index (χ0) is 21.0. The zero-order valence-electron chi connectivity index (χ0n) is 16.7. The molecule has 1 amide bonds. The summed E-state index contributed by atoms with van der Waals surface area (Å²) < 4.78 is 0. The maximum absolute atomic E-state index is 13.0. The lowest BCUT2D eigenvalue weighted by molar-refractivity contribution is -0.116. The minimum absolute atomic E-state index is 0.00504. The van der Waals surface area contributed by atoms with Crippen molar-refractivity contribution in [2.75, 3.05) is 5.32 Å². The number of hydrogen-bond donors (Lipinski definition) is 2. The summed E-state index contributed by atoms with van der Waals surface area (Å²) in [6, 6.07) is 26.0. The zero-order valence-corrected chi connectivity index (χ0v) is 17.5. The Morgan fingerprint density at radius 1 is 0.968 bits per heavy atom. The maximum atomic E-state index is 13.0. The summed E-state index contributed by atoms with van der Waals surface area (Å²) in [5.41, 5.74) is 7.30. The van der Waals surface area contributed by atoms with Crippen molar-refractivity contribution in [3.63, 3.8) is 0 Å². The first kappa shape index (κ1) is 19.2. The van der Waals surface area contributed by atoms with Crippen molar-refractivity contribution in [1.82, 2.24) is 15.0 Å². The Balaban J connectivity index is 1.36. The van der Waals surface area contributed by atoms with Crippen LogP contribution in [0, 0.1) is 0 Å². The molecule has 2 N–H and O–H groups in total. The Morgan fingerprint density at radius 2 is 1.68 bits per heavy atom. The molecular formula is C25H20N4OS. The Hall–Kier alpha value is -3.77. The molecule has 5 aromatic rings. The number of nitrogens with one attached hydrogen (secondary N) is 2. The molecule has 2 aromatic heterocycles. The lowest BCUT2D eigenvalue weighted by Crippen LogP contribution is -2.16. The van der Waals surface area contributed by atoms with E-state index in [4.69, 9.17) is 0 Å². The van der Waals surface area contributed by atoms with E-state index >= 15 is 0 Å². The SMILES string of the molecule is O=C(CC(c1ccccc1)c1ccccc1)Nc1ccc2nc(-c3cscn3)[nH]c2c1. The van der Waals surface area contributed by atoms with Gasteiger partial charge in [-0.1, -0.05) is 60.7 Å². The topological polar surface area (TPSA) is 70.7 Å². The number of carbonyl (C=O) groups excluding carboxylic acids is 1. The van der Waals surface area contributed by atoms with E-state index < -0.39 is 0 Å². The van der Waals surface area contributed by atoms with Crippen molar-refractivity contribution < 1.29 is 4.79 Å². The fourth-order valence-electron chi connectivity index (χ4n) is 3.73. The van der Waals surface area contributed by atoms with E-state index in [2.05, 4.69) is 44.5 Å². The number of imidazole rings is 1. The molecule has 0 saturated carbocycles. The highest BCUT2D eigenvalue weighted by atomic mass is 32.1. The lowest BCUT2D eigenvalue weighted by Gasteiger charge is -2.18. The summed E-state index contributed by atoms with van der Waals surface area (Å²) in [6.07, 6.45) is 0.360. The normalized spacial score (nSPS) is 11.1. The van der Waals surface area contributed by atoms with Crippen LogP contribution in [0.2, 0.25) is 0 Å². The van der Waals surface area contributed by atoms with E-state index in [1.807, 2.05) is 60.0 Å². The van der Waals surface area contributed by atoms with Crippen molar-refractivity contribution in [2.45, 2.75) is 12.3 Å². The number of anilines is 1. The molecule has 152 valence electrons. The third kappa shape index (κ3) is 4.25. The summed E-state index contributed by atoms with van der Waals surface area (Å²) in [6.45, 7) is 0. The number of fused-ring (bicyclic) bond motifs is 1. The van der Waals surface area contributed by atoms with Crippen LogP contribution in [0.5, 0.6) is 0 Å². The van der Waals surface area contributed by atoms with Crippen molar-refractivity contribution >= 4 is 34.0 Å². The summed E-state index contributed by atoms with van der Waals surface area (Å²) in [5.74, 6) is 0.693. The highest BCUT2D eigenvalue weighted by Gasteiger charge is 2.18. The van der Waals surface area contributed by atoms with Crippen LogP contribution in [0.1, 0.15) is 23.5 Å². The predicted octanol–water partition coefficient (Wildman–Crippen LogP) is 5.85. The Bertz CT molecular complexity index is 1260. The molecule has 5 rings (SSSR count). The molecule has 0 saturated heterocycles. The van der Waals surface area contributed by atoms with Crippen LogP contribution in [0.25, 0.3) is 22.6 Å². The largest absolute Gasteiger partial charge is 0.337 e. The molecular weight excluding hydrogens is 404 g/mol. The predicted molar refractivity (Wildman–Crippen MR) is 125 cm³/mol. The van der Waals surface area contributed by atoms with Crippen LogP contribution in [0.4, 0.5) is 5.69 Å². The molecule has 3 aromatic carbocycles. The number of amides is 1. The first-order valence-corrected chi connectivity index (χ1v) is 11.0. The Morgan fingerprint density at radius 3 is 2.32 bits per heavy atom. The third-order valence-corrected chi connectivity index (χ3v) is 5.82. The van der Waals surface area contributed by atoms with Gasteiger partial charge in [-0.15, -0.1) is 11.3 Å². The summed E-state index contributed by atoms with van der Waals surface area (Å²) in [7, 11) is 0. The van der Waals surface area contributed by atoms with Crippen LogP contribution >= 0.6 is 11.3 Å². The molecule has 0 fully saturated rings. The van der Waals surface area contributed by atoms with Gasteiger partial charge in [-0.05, 0) is 29.3 Å². The fourth-order valence-corrected chi connectivity index (χ4v) is 4.27. The number of aromatic nitrogens is 3. The van der Waals surface area contributed by atoms with Crippen LogP contribution in [0.3, 0.4) is 0 Å². The van der Waals surface area contributed by atoms with Crippen molar-refractivity contribution in [1.29, 1.82) is 0 Å². The molecule has 0 aliphatic rings. The van der Waals surface area contributed by atoms with E-state index in [1.165, 1.54) is 11.3 Å². The number of carbonyl (C=O) groups is 1. The van der Waals surface area contributed by atoms with Gasteiger partial charge in [0.05, 0.1) is 16.5 Å². The standard InChI is InChI=1S/C25H20N4OS/c30-24(14-20(17-7-3-1-4-8-17)18-9-5-2-6-10-18)27-19-11-12-21-22(13-19)29-25(28-21)23-15-31-16-26-23/h1-13,15-16,20H,14H2,(H,27,30)(H,28,29). The second-order valence-corrected chi connectivity index (χ2v) is 8.04. The number of aromatic amines is 1. The molecule has 0 spiro atoms. The van der Waals surface area contributed by atoms with Gasteiger partial charge in [0.25, 0.3) is 0 Å². The van der Waals surface area contributed by atoms with E-state index in [0.29, 0.717) is 6.42 Å². The van der Waals surface area contributed by atoms with E-state index in [1.54, 1.807) is 5.51 Å². The van der Waals surface area contributed by atoms with Crippen molar-refractivity contribution in [3.05, 3.63) is 101 Å². The van der Waals surface area contributed by atoms with Crippen LogP contribution in [-0.4, -0.2) is 20.9 Å². The van der Waals surface area contributed by atoms with E-state index in [0.717, 1.165) is 39.4 Å². The van der Waals surface area contributed by atoms with Gasteiger partial charge in [0, 0.05) is 23.4 Å². The van der Waals surface area contributed by atoms with Crippen molar-refractivity contribution in [2.24, 2.45) is 0 Å². The van der Waals surface area contributed by atoms with Gasteiger partial charge in [0.2, 0.25) is 5.91 Å². The fraction of sp³-hybridized carbons (Fsp3) is 0.0800. The first-order chi connectivity index (χ1) is 15.3. The van der Waals surface area contributed by atoms with Crippen molar-refractivity contribution in [3.8, 4) is 11.5 Å². The summed E-state index contributed by atoms with van der Waals surface area (Å²) in [5, 5.41) is 5.00. The summed E-state index contributed by atoms with van der Waals surface area (Å²) in [4.78, 5) is 25.1. The highest BCUT2D eigenvalue weighted by Crippen LogP contribution is 2.29. The Kier molecular flexibility index (Phi) is 5.29. The average molecular weight is 425 g/mol. The molecule has 0 radical (unpaired) electrons. The molecule has 0 aliphatic heterocycles. The van der Waals surface area contributed by atoms with Gasteiger partial charge in [-0.3, -0.25) is 4.79 Å². The molecule has 0 atom stereocenters. The Labute approximate surface area is 183 Å². The maximum Gasteiger partial charge on any atom is 0.225 e. The second kappa shape index (κ2) is 8.53. The number of nitrogens with zero attached hydrogens (tertiary/aromatic N) is 2. The number of thiazole rings is 1. The monoisotopic (exact) mass is 424 g/mol. The number of rotatable bonds is 6. The number of hydrogen-bond acceptors (Lipinski definition) is 4. The first-order valence-electron chi connectivity index (χ1n) is 10.0. The minimum Gasteiger partial charge on any atom is -0.337 e. The van der Waals surface area contributed by atoms with E-state index in [-0.39, 0.29) is 11.8 Å². The molecule has 5 nitrogen and oxygen atoms in total. The smallest absolute Gasteiger partial charge is 0.225 e. The molecule has 2 heterocycles. The lowest BCUT2D eigenvalue weighted by atomic mass is 9.88. The molecule has 31 heavy (non-hydrogen) atoms. The van der Waals surface area contributed by atoms with Crippen LogP contribution < -0.4 is 5.32 Å². The van der Waals surface area contributed by atoms with Gasteiger partial charge >= 0.3 is 0 Å². The van der Waals surface area contributed by atoms with Gasteiger partial charge in [0.1, 0.15) is 5.69 Å². The quantitative estimate of drug-likeness (QED) is 0.359. The van der Waals surface area contributed by atoms with Crippen LogP contribution in [-0.2, 0) is 4.79 Å². The number of H-pyrrole nitrogens is 1. The second-order valence-electron chi connectivity index (χ2n) is 7.32. The van der Waals surface area contributed by atoms with Crippen LogP contribution in [0.15, 0.2) is 89.8 Å². The van der Waals surface area contributed by atoms with Gasteiger partial charge in [-0.25, -0.2) is 9.97 Å². The molecule has 0 bridgehead atoms. The molecule has 0 unspecified atom stereocenters. The molecule has 6 heteroatoms. The average Bonchev–Trinajstić information content (AvgIpc) is 3.48. The summed E-state index contributed by atoms with van der Waals surface area (Å²) >= 11 is 1.53. The van der Waals surface area contributed by atoms with Gasteiger partial charge in [0.15, 0.2) is 5.82 Å². The number of benzene rings is 3. The highest BCUT2D eigenvalue weighted by molar-refractivity contribution is 7.07. The third-order valence-electron chi connectivity index (χ3n) is 5.23. The minimum atomic E-state index is -0.0312.